The summed E-state index contributed by atoms with van der Waals surface area (Å²) in [5.41, 5.74) is 13.4. The minimum absolute atomic E-state index is 0.0881. The number of fused-ring (bicyclic) bond motifs is 14. The smallest absolute Gasteiger partial charge is 0.0796 e. The van der Waals surface area contributed by atoms with Crippen molar-refractivity contribution in [3.8, 4) is 11.1 Å². The summed E-state index contributed by atoms with van der Waals surface area (Å²) in [6.45, 7) is 4.82. The molecule has 0 atom stereocenters. The molecular weight excluding hydrogens is 424 g/mol. The van der Waals surface area contributed by atoms with Crippen LogP contribution in [0.2, 0.25) is 0 Å². The molecule has 0 radical (unpaired) electrons. The molecule has 5 aromatic carbocycles. The van der Waals surface area contributed by atoms with E-state index in [0.717, 1.165) is 0 Å². The Labute approximate surface area is 202 Å². The number of para-hydroxylation sites is 4. The number of rotatable bonds is 0. The molecule has 0 aliphatic heterocycles. The maximum absolute atomic E-state index is 2.53. The molecule has 0 unspecified atom stereocenters. The van der Waals surface area contributed by atoms with E-state index in [-0.39, 0.29) is 5.41 Å². The van der Waals surface area contributed by atoms with E-state index in [4.69, 9.17) is 0 Å². The van der Waals surface area contributed by atoms with Gasteiger partial charge in [0.15, 0.2) is 0 Å². The molecular formula is C33H22N2. The van der Waals surface area contributed by atoms with Gasteiger partial charge in [0.1, 0.15) is 0 Å². The fourth-order valence-corrected chi connectivity index (χ4v) is 7.30. The van der Waals surface area contributed by atoms with Crippen LogP contribution in [-0.2, 0) is 5.41 Å². The highest BCUT2D eigenvalue weighted by molar-refractivity contribution is 6.31. The third kappa shape index (κ3) is 1.83. The number of benzene rings is 5. The van der Waals surface area contributed by atoms with Gasteiger partial charge in [-0.15, -0.1) is 0 Å². The molecule has 0 bridgehead atoms. The monoisotopic (exact) mass is 446 g/mol. The van der Waals surface area contributed by atoms with Crippen molar-refractivity contribution in [3.63, 3.8) is 0 Å². The van der Waals surface area contributed by atoms with Gasteiger partial charge >= 0.3 is 0 Å². The highest BCUT2D eigenvalue weighted by atomic mass is 15.0. The van der Waals surface area contributed by atoms with Crippen molar-refractivity contribution in [1.82, 2.24) is 8.80 Å². The predicted molar refractivity (Wildman–Crippen MR) is 147 cm³/mol. The lowest BCUT2D eigenvalue weighted by molar-refractivity contribution is 0.667. The molecule has 164 valence electrons. The Hall–Kier alpha value is -4.30. The zero-order valence-electron chi connectivity index (χ0n) is 19.6. The van der Waals surface area contributed by atoms with Gasteiger partial charge < -0.3 is 8.80 Å². The van der Waals surface area contributed by atoms with Crippen molar-refractivity contribution in [1.29, 1.82) is 0 Å². The minimum Gasteiger partial charge on any atom is -0.305 e. The Kier molecular flexibility index (Phi) is 2.93. The van der Waals surface area contributed by atoms with Crippen LogP contribution in [0.4, 0.5) is 0 Å². The van der Waals surface area contributed by atoms with E-state index in [9.17, 15) is 0 Å². The fourth-order valence-electron chi connectivity index (χ4n) is 7.30. The zero-order valence-corrected chi connectivity index (χ0v) is 19.6. The van der Waals surface area contributed by atoms with Crippen molar-refractivity contribution < 1.29 is 0 Å². The third-order valence-electron chi connectivity index (χ3n) is 8.58. The van der Waals surface area contributed by atoms with Crippen molar-refractivity contribution in [2.75, 3.05) is 0 Å². The largest absolute Gasteiger partial charge is 0.305 e. The maximum atomic E-state index is 2.53. The van der Waals surface area contributed by atoms with Gasteiger partial charge in [-0.2, -0.15) is 0 Å². The first-order valence-corrected chi connectivity index (χ1v) is 12.4. The Morgan fingerprint density at radius 3 is 1.66 bits per heavy atom. The van der Waals surface area contributed by atoms with E-state index < -0.39 is 0 Å². The lowest BCUT2D eigenvalue weighted by Crippen LogP contribution is -2.15. The molecule has 1 aliphatic rings. The second-order valence-corrected chi connectivity index (χ2v) is 10.6. The average molecular weight is 447 g/mol. The molecule has 3 aromatic heterocycles. The lowest BCUT2D eigenvalue weighted by atomic mass is 9.80. The van der Waals surface area contributed by atoms with Gasteiger partial charge in [0.25, 0.3) is 0 Å². The summed E-state index contributed by atoms with van der Waals surface area (Å²) in [7, 11) is 0. The molecule has 1 aliphatic carbocycles. The van der Waals surface area contributed by atoms with E-state index >= 15 is 0 Å². The van der Waals surface area contributed by atoms with E-state index in [0.29, 0.717) is 0 Å². The van der Waals surface area contributed by atoms with E-state index in [2.05, 4.69) is 120 Å². The maximum Gasteiger partial charge on any atom is 0.0796 e. The van der Waals surface area contributed by atoms with E-state index in [1.54, 1.807) is 0 Å². The first-order valence-electron chi connectivity index (χ1n) is 12.4. The van der Waals surface area contributed by atoms with Gasteiger partial charge in [0.2, 0.25) is 0 Å². The molecule has 0 amide bonds. The molecule has 35 heavy (non-hydrogen) atoms. The lowest BCUT2D eigenvalue weighted by Gasteiger charge is -2.23. The summed E-state index contributed by atoms with van der Waals surface area (Å²) in [5, 5.41) is 5.47. The van der Waals surface area contributed by atoms with Crippen LogP contribution in [0.15, 0.2) is 97.1 Å². The molecule has 0 fully saturated rings. The molecule has 9 rings (SSSR count). The van der Waals surface area contributed by atoms with Crippen LogP contribution < -0.4 is 0 Å². The topological polar surface area (TPSA) is 8.82 Å². The standard InChI is InChI=1S/C33H22N2/c1-33(2)22-14-6-3-11-19(22)27-28-20-12-4-7-15-23(20)34-25-17-9-10-18-26(25)35-24-16-8-5-13-21(24)29(30(27)33)32(35)31(28)34/h3-18H,1-2H3. The Morgan fingerprint density at radius 1 is 0.514 bits per heavy atom. The molecule has 0 saturated carbocycles. The minimum atomic E-state index is -0.0881. The molecule has 2 heteroatoms. The molecule has 2 nitrogen and oxygen atoms in total. The van der Waals surface area contributed by atoms with Gasteiger partial charge in [0.05, 0.1) is 33.1 Å². The van der Waals surface area contributed by atoms with Crippen LogP contribution in [-0.4, -0.2) is 8.80 Å². The highest BCUT2D eigenvalue weighted by Crippen LogP contribution is 2.58. The van der Waals surface area contributed by atoms with Crippen LogP contribution in [0.3, 0.4) is 0 Å². The Balaban J connectivity index is 1.78. The molecule has 8 aromatic rings. The number of hydrogen-bond acceptors (Lipinski definition) is 0. The van der Waals surface area contributed by atoms with Gasteiger partial charge in [-0.05, 0) is 46.5 Å². The first-order chi connectivity index (χ1) is 17.2. The summed E-state index contributed by atoms with van der Waals surface area (Å²) in [5.74, 6) is 0. The van der Waals surface area contributed by atoms with E-state index in [1.165, 1.54) is 76.9 Å². The van der Waals surface area contributed by atoms with Gasteiger partial charge in [0, 0.05) is 27.0 Å². The van der Waals surface area contributed by atoms with Gasteiger partial charge in [-0.25, -0.2) is 0 Å². The fraction of sp³-hybridized carbons (Fsp3) is 0.0909. The second-order valence-electron chi connectivity index (χ2n) is 10.6. The van der Waals surface area contributed by atoms with Gasteiger partial charge in [-0.1, -0.05) is 86.6 Å². The van der Waals surface area contributed by atoms with Crippen molar-refractivity contribution in [3.05, 3.63) is 108 Å². The quantitative estimate of drug-likeness (QED) is 0.206. The van der Waals surface area contributed by atoms with Crippen LogP contribution in [0.1, 0.15) is 25.0 Å². The number of aromatic nitrogens is 2. The predicted octanol–water partition coefficient (Wildman–Crippen LogP) is 8.55. The summed E-state index contributed by atoms with van der Waals surface area (Å²) in [4.78, 5) is 0. The van der Waals surface area contributed by atoms with Gasteiger partial charge in [-0.3, -0.25) is 0 Å². The van der Waals surface area contributed by atoms with Crippen LogP contribution in [0.5, 0.6) is 0 Å². The number of nitrogens with zero attached hydrogens (tertiary/aromatic N) is 2. The molecule has 0 N–H and O–H groups in total. The summed E-state index contributed by atoms with van der Waals surface area (Å²) >= 11 is 0. The highest BCUT2D eigenvalue weighted by Gasteiger charge is 2.41. The van der Waals surface area contributed by atoms with E-state index in [1.807, 2.05) is 0 Å². The second kappa shape index (κ2) is 5.67. The number of hydrogen-bond donors (Lipinski definition) is 0. The van der Waals surface area contributed by atoms with Crippen molar-refractivity contribution in [2.45, 2.75) is 19.3 Å². The third-order valence-corrected chi connectivity index (χ3v) is 8.58. The van der Waals surface area contributed by atoms with Crippen LogP contribution >= 0.6 is 0 Å². The molecule has 3 heterocycles. The average Bonchev–Trinajstić information content (AvgIpc) is 3.49. The Bertz CT molecular complexity index is 2190. The first kappa shape index (κ1) is 18.1. The molecule has 0 spiro atoms. The van der Waals surface area contributed by atoms with Crippen molar-refractivity contribution >= 4 is 54.6 Å². The van der Waals surface area contributed by atoms with Crippen LogP contribution in [0, 0.1) is 0 Å². The zero-order chi connectivity index (χ0) is 23.1. The van der Waals surface area contributed by atoms with Crippen LogP contribution in [0.25, 0.3) is 65.8 Å². The van der Waals surface area contributed by atoms with Crippen molar-refractivity contribution in [2.24, 2.45) is 0 Å². The summed E-state index contributed by atoms with van der Waals surface area (Å²) in [6, 6.07) is 35.9. The SMILES string of the molecule is CC1(C)c2ccccc2-c2c1c1c3ccccc3n3c4ccccc4n4c5ccccc5c2c4c13. The normalized spacial score (nSPS) is 14.8. The summed E-state index contributed by atoms with van der Waals surface area (Å²) < 4.78 is 5.05. The Morgan fingerprint density at radius 2 is 1.00 bits per heavy atom. The molecule has 0 saturated heterocycles. The summed E-state index contributed by atoms with van der Waals surface area (Å²) in [6.07, 6.45) is 0.